The Morgan fingerprint density at radius 3 is 2.58 bits per heavy atom. The van der Waals surface area contributed by atoms with Crippen molar-refractivity contribution in [1.82, 2.24) is 18.0 Å². The van der Waals surface area contributed by atoms with Crippen LogP contribution in [0.25, 0.3) is 11.0 Å². The molecule has 0 spiro atoms. The number of aromatic nitrogens is 2. The molecule has 0 aliphatic carbocycles. The molecule has 0 N–H and O–H groups in total. The van der Waals surface area contributed by atoms with Gasteiger partial charge in [0.1, 0.15) is 15.9 Å². The molecule has 9 heteroatoms. The highest BCUT2D eigenvalue weighted by atomic mass is 32.2. The molecular weight excluding hydrogens is 346 g/mol. The van der Waals surface area contributed by atoms with E-state index in [9.17, 15) is 8.42 Å². The van der Waals surface area contributed by atoms with Gasteiger partial charge in [0.15, 0.2) is 0 Å². The number of sulfonamides is 1. The normalized spacial score (nSPS) is 12.1. The van der Waals surface area contributed by atoms with Gasteiger partial charge in [0, 0.05) is 26.1 Å². The number of likely N-dealkylation sites (N-methyl/N-ethyl adjacent to an activating group) is 1. The smallest absolute Gasteiger partial charge is 0.245 e. The van der Waals surface area contributed by atoms with Crippen molar-refractivity contribution in [3.8, 4) is 6.07 Å². The van der Waals surface area contributed by atoms with Crippen molar-refractivity contribution in [2.75, 3.05) is 32.7 Å². The van der Waals surface area contributed by atoms with Crippen LogP contribution >= 0.6 is 11.7 Å². The lowest BCUT2D eigenvalue weighted by Gasteiger charge is -2.25. The van der Waals surface area contributed by atoms with E-state index in [-0.39, 0.29) is 17.9 Å². The summed E-state index contributed by atoms with van der Waals surface area (Å²) in [5.74, 6) is 0. The Morgan fingerprint density at radius 2 is 1.92 bits per heavy atom. The first-order valence-corrected chi connectivity index (χ1v) is 10.0. The second-order valence-electron chi connectivity index (χ2n) is 5.23. The molecule has 0 aliphatic heterocycles. The van der Waals surface area contributed by atoms with Crippen molar-refractivity contribution in [2.45, 2.75) is 25.2 Å². The molecule has 0 aliphatic rings. The molecule has 0 saturated heterocycles. The van der Waals surface area contributed by atoms with Crippen LogP contribution in [0.15, 0.2) is 23.1 Å². The van der Waals surface area contributed by atoms with Gasteiger partial charge in [-0.25, -0.2) is 8.42 Å². The van der Waals surface area contributed by atoms with E-state index in [1.165, 1.54) is 4.31 Å². The van der Waals surface area contributed by atoms with Gasteiger partial charge in [0.05, 0.1) is 17.8 Å². The zero-order valence-corrected chi connectivity index (χ0v) is 15.5. The fraction of sp³-hybridized carbons (Fsp3) is 0.533. The van der Waals surface area contributed by atoms with Crippen molar-refractivity contribution in [1.29, 1.82) is 5.26 Å². The lowest BCUT2D eigenvalue weighted by atomic mass is 10.3. The lowest BCUT2D eigenvalue weighted by Crippen LogP contribution is -2.39. The molecule has 0 fully saturated rings. The highest BCUT2D eigenvalue weighted by Gasteiger charge is 2.27. The monoisotopic (exact) mass is 367 g/mol. The maximum atomic E-state index is 13.1. The van der Waals surface area contributed by atoms with Gasteiger partial charge in [-0.3, -0.25) is 0 Å². The van der Waals surface area contributed by atoms with E-state index < -0.39 is 10.0 Å². The molecule has 0 atom stereocenters. The van der Waals surface area contributed by atoms with E-state index >= 15 is 0 Å². The van der Waals surface area contributed by atoms with Gasteiger partial charge in [-0.1, -0.05) is 19.9 Å². The summed E-state index contributed by atoms with van der Waals surface area (Å²) < 4.78 is 35.8. The molecule has 0 bridgehead atoms. The van der Waals surface area contributed by atoms with Gasteiger partial charge < -0.3 is 4.90 Å². The average molecular weight is 368 g/mol. The van der Waals surface area contributed by atoms with E-state index in [2.05, 4.69) is 13.6 Å². The van der Waals surface area contributed by atoms with Gasteiger partial charge in [0.25, 0.3) is 0 Å². The molecule has 2 aromatic rings. The maximum Gasteiger partial charge on any atom is 0.245 e. The maximum absolute atomic E-state index is 13.1. The Balaban J connectivity index is 2.32. The van der Waals surface area contributed by atoms with E-state index in [0.29, 0.717) is 24.1 Å². The number of hydrogen-bond acceptors (Lipinski definition) is 7. The number of benzene rings is 1. The first kappa shape index (κ1) is 18.7. The summed E-state index contributed by atoms with van der Waals surface area (Å²) in [5.41, 5.74) is 0.970. The predicted molar refractivity (Wildman–Crippen MR) is 94.2 cm³/mol. The summed E-state index contributed by atoms with van der Waals surface area (Å²) in [4.78, 5) is 2.31. The van der Waals surface area contributed by atoms with E-state index in [1.807, 2.05) is 19.9 Å². The molecule has 2 rings (SSSR count). The molecule has 0 saturated carbocycles. The minimum absolute atomic E-state index is 0.156. The third-order valence-corrected chi connectivity index (χ3v) is 6.37. The van der Waals surface area contributed by atoms with Crippen LogP contribution in [0, 0.1) is 11.3 Å². The molecule has 0 amide bonds. The molecule has 1 aromatic carbocycles. The van der Waals surface area contributed by atoms with Crippen molar-refractivity contribution in [3.63, 3.8) is 0 Å². The Hall–Kier alpha value is -1.60. The summed E-state index contributed by atoms with van der Waals surface area (Å²) in [7, 11) is -3.72. The Morgan fingerprint density at radius 1 is 1.17 bits per heavy atom. The second-order valence-corrected chi connectivity index (χ2v) is 7.66. The molecule has 24 heavy (non-hydrogen) atoms. The Bertz CT molecular complexity index is 809. The molecular formula is C15H21N5O2S2. The summed E-state index contributed by atoms with van der Waals surface area (Å²) in [6.45, 7) is 6.94. The van der Waals surface area contributed by atoms with Crippen LogP contribution in [-0.2, 0) is 10.0 Å². The van der Waals surface area contributed by atoms with Gasteiger partial charge >= 0.3 is 0 Å². The Kier molecular flexibility index (Phi) is 6.62. The van der Waals surface area contributed by atoms with Gasteiger partial charge in [-0.05, 0) is 25.2 Å². The molecule has 1 heterocycles. The van der Waals surface area contributed by atoms with Crippen LogP contribution in [-0.4, -0.2) is 59.1 Å². The van der Waals surface area contributed by atoms with Crippen molar-refractivity contribution in [2.24, 2.45) is 0 Å². The summed E-state index contributed by atoms with van der Waals surface area (Å²) in [5, 5.41) is 8.86. The number of hydrogen-bond donors (Lipinski definition) is 0. The molecule has 7 nitrogen and oxygen atoms in total. The topological polar surface area (TPSA) is 90.2 Å². The first-order valence-electron chi connectivity index (χ1n) is 7.85. The van der Waals surface area contributed by atoms with Gasteiger partial charge in [-0.15, -0.1) is 0 Å². The minimum atomic E-state index is -3.72. The molecule has 1 aromatic heterocycles. The number of rotatable bonds is 9. The summed E-state index contributed by atoms with van der Waals surface area (Å²) in [6.07, 6.45) is 0.156. The average Bonchev–Trinajstić information content (AvgIpc) is 3.06. The quantitative estimate of drug-likeness (QED) is 0.673. The minimum Gasteiger partial charge on any atom is -0.303 e. The zero-order valence-electron chi connectivity index (χ0n) is 13.8. The Labute approximate surface area is 146 Å². The van der Waals surface area contributed by atoms with E-state index in [1.54, 1.807) is 18.2 Å². The predicted octanol–water partition coefficient (Wildman–Crippen LogP) is 1.94. The first-order chi connectivity index (χ1) is 11.5. The highest BCUT2D eigenvalue weighted by Crippen LogP contribution is 2.24. The largest absolute Gasteiger partial charge is 0.303 e. The third-order valence-electron chi connectivity index (χ3n) is 3.90. The number of nitrogens with zero attached hydrogens (tertiary/aromatic N) is 5. The summed E-state index contributed by atoms with van der Waals surface area (Å²) >= 11 is 0.995. The fourth-order valence-electron chi connectivity index (χ4n) is 2.45. The second kappa shape index (κ2) is 8.48. The van der Waals surface area contributed by atoms with Crippen molar-refractivity contribution in [3.05, 3.63) is 18.2 Å². The third kappa shape index (κ3) is 4.08. The van der Waals surface area contributed by atoms with Crippen LogP contribution in [0.5, 0.6) is 0 Å². The van der Waals surface area contributed by atoms with E-state index in [0.717, 1.165) is 24.8 Å². The SMILES string of the molecule is CCN(CC)CCN(CCC#N)S(=O)(=O)c1cccc2nsnc12. The van der Waals surface area contributed by atoms with Gasteiger partial charge in [0.2, 0.25) is 10.0 Å². The highest BCUT2D eigenvalue weighted by molar-refractivity contribution is 7.89. The number of fused-ring (bicyclic) bond motifs is 1. The molecule has 0 radical (unpaired) electrons. The zero-order chi connectivity index (χ0) is 17.6. The van der Waals surface area contributed by atoms with Crippen LogP contribution in [0.3, 0.4) is 0 Å². The lowest BCUT2D eigenvalue weighted by molar-refractivity contribution is 0.272. The summed E-state index contributed by atoms with van der Waals surface area (Å²) in [6, 6.07) is 6.99. The fourth-order valence-corrected chi connectivity index (χ4v) is 4.63. The van der Waals surface area contributed by atoms with Crippen LogP contribution in [0.4, 0.5) is 0 Å². The standard InChI is InChI=1S/C15H21N5O2S2/c1-3-19(4-2)11-12-20(10-6-9-16)24(21,22)14-8-5-7-13-15(14)18-23-17-13/h5,7-8H,3-4,6,10-12H2,1-2H3. The number of nitriles is 1. The van der Waals surface area contributed by atoms with Crippen molar-refractivity contribution >= 4 is 32.8 Å². The van der Waals surface area contributed by atoms with Crippen LogP contribution in [0.1, 0.15) is 20.3 Å². The van der Waals surface area contributed by atoms with Gasteiger partial charge in [-0.2, -0.15) is 18.3 Å². The molecule has 130 valence electrons. The van der Waals surface area contributed by atoms with Crippen molar-refractivity contribution < 1.29 is 8.42 Å². The van der Waals surface area contributed by atoms with E-state index in [4.69, 9.17) is 5.26 Å². The van der Waals surface area contributed by atoms with Crippen LogP contribution in [0.2, 0.25) is 0 Å². The van der Waals surface area contributed by atoms with Crippen LogP contribution < -0.4 is 0 Å². The molecule has 0 unspecified atom stereocenters.